The van der Waals surface area contributed by atoms with Crippen LogP contribution in [0, 0.1) is 17.7 Å². The van der Waals surface area contributed by atoms with Crippen LogP contribution >= 0.6 is 0 Å². The number of ether oxygens (including phenoxy) is 1. The van der Waals surface area contributed by atoms with Gasteiger partial charge in [0.2, 0.25) is 11.8 Å². The Morgan fingerprint density at radius 2 is 2.17 bits per heavy atom. The van der Waals surface area contributed by atoms with Crippen molar-refractivity contribution in [1.82, 2.24) is 20.0 Å². The second-order valence-electron chi connectivity index (χ2n) is 8.60. The number of aromatic nitrogens is 2. The van der Waals surface area contributed by atoms with Crippen LogP contribution in [0.25, 0.3) is 0 Å². The molecule has 2 saturated heterocycles. The van der Waals surface area contributed by atoms with E-state index in [9.17, 15) is 14.0 Å². The number of fused-ring (bicyclic) bond motifs is 2. The zero-order valence-electron chi connectivity index (χ0n) is 16.3. The first-order valence-electron chi connectivity index (χ1n) is 10.2. The lowest BCUT2D eigenvalue weighted by Gasteiger charge is -2.32. The summed E-state index contributed by atoms with van der Waals surface area (Å²) in [5.41, 5.74) is 2.21. The highest BCUT2D eigenvalue weighted by Crippen LogP contribution is 2.52. The van der Waals surface area contributed by atoms with Gasteiger partial charge in [0.15, 0.2) is 0 Å². The van der Waals surface area contributed by atoms with Crippen molar-refractivity contribution < 1.29 is 18.7 Å². The number of rotatable bonds is 3. The first-order chi connectivity index (χ1) is 14.5. The molecule has 1 N–H and O–H groups in total. The molecular weight excluding hydrogens is 387 g/mol. The second kappa shape index (κ2) is 6.25. The van der Waals surface area contributed by atoms with Gasteiger partial charge in [0.1, 0.15) is 11.4 Å². The first kappa shape index (κ1) is 17.8. The van der Waals surface area contributed by atoms with Gasteiger partial charge < -0.3 is 14.5 Å². The van der Waals surface area contributed by atoms with E-state index in [0.717, 1.165) is 23.2 Å². The molecule has 1 aromatic carbocycles. The number of halogens is 1. The van der Waals surface area contributed by atoms with Gasteiger partial charge >= 0.3 is 0 Å². The third-order valence-corrected chi connectivity index (χ3v) is 6.86. The number of hydrogen-bond donors (Lipinski definition) is 1. The van der Waals surface area contributed by atoms with Gasteiger partial charge in [0.05, 0.1) is 30.7 Å². The lowest BCUT2D eigenvalue weighted by molar-refractivity contribution is -0.144. The van der Waals surface area contributed by atoms with Crippen LogP contribution in [0.1, 0.15) is 16.8 Å². The van der Waals surface area contributed by atoms with Crippen LogP contribution in [0.15, 0.2) is 42.6 Å². The van der Waals surface area contributed by atoms with Crippen LogP contribution in [0.4, 0.5) is 4.39 Å². The highest BCUT2D eigenvalue weighted by Gasteiger charge is 2.67. The summed E-state index contributed by atoms with van der Waals surface area (Å²) in [4.78, 5) is 30.4. The standard InChI is InChI=1S/C22H21FN4O3/c23-15-3-1-13(2-4-15)10-27-12-22-7-5-17(30-22)18(19(22)21(27)29)20(28)26-8-6-16-14(11-26)9-24-25-16/h1-5,7,9,17-19H,6,8,10-12H2,(H,24,25)/t17-,18+,19+,22-/m0/s1. The average molecular weight is 408 g/mol. The zero-order valence-corrected chi connectivity index (χ0v) is 16.3. The van der Waals surface area contributed by atoms with E-state index < -0.39 is 17.4 Å². The predicted molar refractivity (Wildman–Crippen MR) is 103 cm³/mol. The molecule has 2 fully saturated rings. The van der Waals surface area contributed by atoms with Gasteiger partial charge in [-0.1, -0.05) is 24.3 Å². The van der Waals surface area contributed by atoms with Gasteiger partial charge in [-0.2, -0.15) is 5.10 Å². The summed E-state index contributed by atoms with van der Waals surface area (Å²) in [6.07, 6.45) is 6.03. The number of likely N-dealkylation sites (tertiary alicyclic amines) is 1. The Hall–Kier alpha value is -3.00. The van der Waals surface area contributed by atoms with Crippen LogP contribution in [0.3, 0.4) is 0 Å². The Balaban J connectivity index is 1.25. The molecule has 154 valence electrons. The normalized spacial score (nSPS) is 31.4. The number of hydrogen-bond acceptors (Lipinski definition) is 4. The maximum absolute atomic E-state index is 13.5. The van der Waals surface area contributed by atoms with Crippen molar-refractivity contribution in [3.8, 4) is 0 Å². The molecule has 0 radical (unpaired) electrons. The van der Waals surface area contributed by atoms with Crippen LogP contribution in [0.5, 0.6) is 0 Å². The molecule has 2 amide bonds. The Morgan fingerprint density at radius 3 is 3.00 bits per heavy atom. The summed E-state index contributed by atoms with van der Waals surface area (Å²) in [6, 6.07) is 6.15. The molecule has 5 heterocycles. The summed E-state index contributed by atoms with van der Waals surface area (Å²) < 4.78 is 19.4. The van der Waals surface area contributed by atoms with E-state index >= 15 is 0 Å². The van der Waals surface area contributed by atoms with Gasteiger partial charge in [0.25, 0.3) is 0 Å². The van der Waals surface area contributed by atoms with Crippen LogP contribution in [0.2, 0.25) is 0 Å². The SMILES string of the molecule is O=C([C@@H]1[C@@H]2C=C[C@@]3(CN(Cc4ccc(F)cc4)C(=O)[C@@H]13)O2)N1CCc2[nH]ncc2C1. The van der Waals surface area contributed by atoms with Crippen LogP contribution < -0.4 is 0 Å². The molecule has 0 unspecified atom stereocenters. The number of nitrogens with one attached hydrogen (secondary N) is 1. The van der Waals surface area contributed by atoms with E-state index in [1.54, 1.807) is 23.2 Å². The summed E-state index contributed by atoms with van der Waals surface area (Å²) in [6.45, 7) is 1.90. The molecule has 8 heteroatoms. The maximum Gasteiger partial charge on any atom is 0.230 e. The molecule has 4 atom stereocenters. The molecule has 2 bridgehead atoms. The van der Waals surface area contributed by atoms with Crippen LogP contribution in [-0.2, 0) is 33.8 Å². The number of amides is 2. The van der Waals surface area contributed by atoms with Crippen molar-refractivity contribution in [3.05, 3.63) is 65.3 Å². The van der Waals surface area contributed by atoms with Crippen molar-refractivity contribution in [2.75, 3.05) is 13.1 Å². The number of H-pyrrole nitrogens is 1. The predicted octanol–water partition coefficient (Wildman–Crippen LogP) is 1.42. The largest absolute Gasteiger partial charge is 0.360 e. The fourth-order valence-corrected chi connectivity index (χ4v) is 5.43. The van der Waals surface area contributed by atoms with Crippen LogP contribution in [-0.4, -0.2) is 56.6 Å². The molecule has 4 aliphatic heterocycles. The smallest absolute Gasteiger partial charge is 0.230 e. The van der Waals surface area contributed by atoms with Gasteiger partial charge in [-0.3, -0.25) is 14.7 Å². The Morgan fingerprint density at radius 1 is 1.33 bits per heavy atom. The Kier molecular flexibility index (Phi) is 3.71. The highest BCUT2D eigenvalue weighted by atomic mass is 19.1. The fraction of sp³-hybridized carbons (Fsp3) is 0.409. The summed E-state index contributed by atoms with van der Waals surface area (Å²) in [5.74, 6) is -1.41. The van der Waals surface area contributed by atoms with E-state index in [2.05, 4.69) is 10.2 Å². The lowest BCUT2D eigenvalue weighted by Crippen LogP contribution is -2.47. The molecule has 1 spiro atoms. The van der Waals surface area contributed by atoms with Gasteiger partial charge in [0, 0.05) is 37.3 Å². The minimum atomic E-state index is -0.737. The van der Waals surface area contributed by atoms with E-state index in [1.807, 2.05) is 17.1 Å². The Labute approximate surface area is 172 Å². The summed E-state index contributed by atoms with van der Waals surface area (Å²) in [5, 5.41) is 7.05. The molecule has 2 aromatic rings. The molecule has 1 aromatic heterocycles. The van der Waals surface area contributed by atoms with Gasteiger partial charge in [-0.25, -0.2) is 4.39 Å². The van der Waals surface area contributed by atoms with Crippen molar-refractivity contribution in [2.24, 2.45) is 11.8 Å². The molecule has 30 heavy (non-hydrogen) atoms. The van der Waals surface area contributed by atoms with E-state index in [1.165, 1.54) is 12.1 Å². The van der Waals surface area contributed by atoms with Crippen molar-refractivity contribution in [2.45, 2.75) is 31.2 Å². The molecule has 7 nitrogen and oxygen atoms in total. The third-order valence-electron chi connectivity index (χ3n) is 6.86. The van der Waals surface area contributed by atoms with Gasteiger partial charge in [-0.15, -0.1) is 0 Å². The highest BCUT2D eigenvalue weighted by molar-refractivity contribution is 5.93. The third kappa shape index (κ3) is 2.49. The molecule has 6 rings (SSSR count). The monoisotopic (exact) mass is 408 g/mol. The minimum absolute atomic E-state index is 0.0277. The lowest BCUT2D eigenvalue weighted by atomic mass is 9.76. The number of carbonyl (C=O) groups excluding carboxylic acids is 2. The van der Waals surface area contributed by atoms with Crippen molar-refractivity contribution in [1.29, 1.82) is 0 Å². The molecule has 0 saturated carbocycles. The number of carbonyl (C=O) groups is 2. The number of nitrogens with zero attached hydrogens (tertiary/aromatic N) is 3. The quantitative estimate of drug-likeness (QED) is 0.780. The topological polar surface area (TPSA) is 78.5 Å². The van der Waals surface area contributed by atoms with E-state index in [-0.39, 0.29) is 23.7 Å². The summed E-state index contributed by atoms with van der Waals surface area (Å²) >= 11 is 0. The number of benzene rings is 1. The maximum atomic E-state index is 13.5. The van der Waals surface area contributed by atoms with E-state index in [4.69, 9.17) is 4.74 Å². The first-order valence-corrected chi connectivity index (χ1v) is 10.2. The van der Waals surface area contributed by atoms with E-state index in [0.29, 0.717) is 26.2 Å². The van der Waals surface area contributed by atoms with Crippen molar-refractivity contribution >= 4 is 11.8 Å². The summed E-state index contributed by atoms with van der Waals surface area (Å²) in [7, 11) is 0. The average Bonchev–Trinajstić information content (AvgIpc) is 3.50. The van der Waals surface area contributed by atoms with Gasteiger partial charge in [-0.05, 0) is 17.7 Å². The number of aromatic amines is 1. The zero-order chi connectivity index (χ0) is 20.5. The second-order valence-corrected chi connectivity index (χ2v) is 8.60. The minimum Gasteiger partial charge on any atom is -0.360 e. The molecular formula is C22H21FN4O3. The molecule has 0 aliphatic carbocycles. The van der Waals surface area contributed by atoms with Crippen molar-refractivity contribution in [3.63, 3.8) is 0 Å². The fourth-order valence-electron chi connectivity index (χ4n) is 5.43. The molecule has 4 aliphatic rings. The Bertz CT molecular complexity index is 1060.